The first-order chi connectivity index (χ1) is 11.6. The summed E-state index contributed by atoms with van der Waals surface area (Å²) in [5.74, 6) is -1.50. The molecule has 0 aromatic carbocycles. The summed E-state index contributed by atoms with van der Waals surface area (Å²) in [6.07, 6.45) is -0.857. The summed E-state index contributed by atoms with van der Waals surface area (Å²) in [5.41, 5.74) is -0.449. The van der Waals surface area contributed by atoms with Gasteiger partial charge in [-0.05, 0) is 42.6 Å². The molecule has 140 valence electrons. The van der Waals surface area contributed by atoms with Crippen LogP contribution in [-0.2, 0) is 4.79 Å². The average Bonchev–Trinajstić information content (AvgIpc) is 2.68. The lowest BCUT2D eigenvalue weighted by Gasteiger charge is -2.55. The zero-order valence-corrected chi connectivity index (χ0v) is 15.1. The largest absolute Gasteiger partial charge is 0.396 e. The third-order valence-corrected chi connectivity index (χ3v) is 7.21. The van der Waals surface area contributed by atoms with Crippen molar-refractivity contribution in [2.45, 2.75) is 57.8 Å². The molecule has 0 radical (unpaired) electrons. The van der Waals surface area contributed by atoms with Crippen LogP contribution in [0, 0.1) is 28.6 Å². The van der Waals surface area contributed by atoms with Crippen LogP contribution >= 0.6 is 0 Å². The first-order valence-electron chi connectivity index (χ1n) is 9.18. The van der Waals surface area contributed by atoms with Gasteiger partial charge in [-0.25, -0.2) is 0 Å². The van der Waals surface area contributed by atoms with Crippen molar-refractivity contribution in [3.05, 3.63) is 24.3 Å². The van der Waals surface area contributed by atoms with Gasteiger partial charge in [0.25, 0.3) is 0 Å². The molecule has 3 aliphatic carbocycles. The summed E-state index contributed by atoms with van der Waals surface area (Å²) in [4.78, 5) is 13.0. The van der Waals surface area contributed by atoms with Gasteiger partial charge in [0, 0.05) is 18.4 Å². The maximum Gasteiger partial charge on any atom is 0.170 e. The SMILES string of the molecule is C=C1C(=O)C23C(O)CC(C(C)(C)CCCO)C(=C)C2CC(O)C1C3O. The van der Waals surface area contributed by atoms with Crippen LogP contribution < -0.4 is 0 Å². The fourth-order valence-electron chi connectivity index (χ4n) is 5.82. The first-order valence-corrected chi connectivity index (χ1v) is 9.18. The number of Topliss-reactive ketones (excluding diaryl/α,β-unsaturated/α-hetero) is 1. The summed E-state index contributed by atoms with van der Waals surface area (Å²) in [5, 5.41) is 41.5. The smallest absolute Gasteiger partial charge is 0.170 e. The second kappa shape index (κ2) is 6.02. The highest BCUT2D eigenvalue weighted by molar-refractivity contribution is 6.05. The minimum absolute atomic E-state index is 0.0395. The Morgan fingerprint density at radius 1 is 1.20 bits per heavy atom. The molecule has 0 aromatic heterocycles. The molecule has 5 nitrogen and oxygen atoms in total. The van der Waals surface area contributed by atoms with Gasteiger partial charge >= 0.3 is 0 Å². The summed E-state index contributed by atoms with van der Waals surface area (Å²) in [6, 6.07) is 0. The van der Waals surface area contributed by atoms with Gasteiger partial charge in [-0.1, -0.05) is 32.6 Å². The fraction of sp³-hybridized carbons (Fsp3) is 0.750. The first kappa shape index (κ1) is 18.8. The molecular weight excluding hydrogens is 320 g/mol. The van der Waals surface area contributed by atoms with E-state index < -0.39 is 35.6 Å². The monoisotopic (exact) mass is 350 g/mol. The summed E-state index contributed by atoms with van der Waals surface area (Å²) in [6.45, 7) is 12.3. The van der Waals surface area contributed by atoms with Crippen LogP contribution in [0.25, 0.3) is 0 Å². The molecule has 3 fully saturated rings. The predicted octanol–water partition coefficient (Wildman–Crippen LogP) is 1.21. The Morgan fingerprint density at radius 3 is 2.44 bits per heavy atom. The van der Waals surface area contributed by atoms with E-state index in [-0.39, 0.29) is 29.3 Å². The number of hydrogen-bond acceptors (Lipinski definition) is 5. The number of allylic oxidation sites excluding steroid dienone is 1. The van der Waals surface area contributed by atoms with Gasteiger partial charge in [-0.15, -0.1) is 0 Å². The van der Waals surface area contributed by atoms with Gasteiger partial charge in [-0.3, -0.25) is 4.79 Å². The Kier molecular flexibility index (Phi) is 4.52. The Morgan fingerprint density at radius 2 is 1.84 bits per heavy atom. The molecule has 3 saturated carbocycles. The molecule has 1 spiro atoms. The second-order valence-corrected chi connectivity index (χ2v) is 8.81. The highest BCUT2D eigenvalue weighted by Crippen LogP contribution is 2.64. The second-order valence-electron chi connectivity index (χ2n) is 8.81. The molecule has 5 heteroatoms. The molecule has 0 aliphatic heterocycles. The summed E-state index contributed by atoms with van der Waals surface area (Å²) < 4.78 is 0. The van der Waals surface area contributed by atoms with Gasteiger partial charge in [0.1, 0.15) is 0 Å². The van der Waals surface area contributed by atoms with E-state index in [4.69, 9.17) is 5.11 Å². The van der Waals surface area contributed by atoms with Crippen molar-refractivity contribution in [2.75, 3.05) is 6.61 Å². The van der Waals surface area contributed by atoms with Gasteiger partial charge in [-0.2, -0.15) is 0 Å². The van der Waals surface area contributed by atoms with Crippen LogP contribution in [0.15, 0.2) is 24.3 Å². The van der Waals surface area contributed by atoms with E-state index in [2.05, 4.69) is 27.0 Å². The lowest BCUT2D eigenvalue weighted by molar-refractivity contribution is -0.173. The molecule has 7 atom stereocenters. The highest BCUT2D eigenvalue weighted by atomic mass is 16.3. The molecular formula is C20H30O5. The highest BCUT2D eigenvalue weighted by Gasteiger charge is 2.71. The zero-order chi connectivity index (χ0) is 18.7. The van der Waals surface area contributed by atoms with E-state index in [0.717, 1.165) is 12.0 Å². The molecule has 7 unspecified atom stereocenters. The summed E-state index contributed by atoms with van der Waals surface area (Å²) >= 11 is 0. The normalized spacial score (nSPS) is 44.2. The number of aliphatic hydroxyl groups excluding tert-OH is 4. The van der Waals surface area contributed by atoms with Crippen LogP contribution in [0.5, 0.6) is 0 Å². The van der Waals surface area contributed by atoms with Crippen LogP contribution in [0.1, 0.15) is 39.5 Å². The number of rotatable bonds is 4. The zero-order valence-electron chi connectivity index (χ0n) is 15.1. The molecule has 0 aromatic rings. The molecule has 2 bridgehead atoms. The Hall–Kier alpha value is -1.01. The van der Waals surface area contributed by atoms with E-state index >= 15 is 0 Å². The van der Waals surface area contributed by atoms with Gasteiger partial charge in [0.05, 0.1) is 23.7 Å². The van der Waals surface area contributed by atoms with Crippen molar-refractivity contribution < 1.29 is 25.2 Å². The molecule has 0 saturated heterocycles. The van der Waals surface area contributed by atoms with Crippen molar-refractivity contribution in [3.63, 3.8) is 0 Å². The molecule has 0 amide bonds. The number of hydrogen-bond donors (Lipinski definition) is 4. The van der Waals surface area contributed by atoms with E-state index in [1.807, 2.05) is 0 Å². The van der Waals surface area contributed by atoms with Crippen molar-refractivity contribution in [1.82, 2.24) is 0 Å². The van der Waals surface area contributed by atoms with Gasteiger partial charge in [0.15, 0.2) is 5.78 Å². The lowest BCUT2D eigenvalue weighted by atomic mass is 9.50. The van der Waals surface area contributed by atoms with Gasteiger partial charge in [0.2, 0.25) is 0 Å². The van der Waals surface area contributed by atoms with Crippen LogP contribution in [0.4, 0.5) is 0 Å². The number of aliphatic hydroxyl groups is 4. The number of fused-ring (bicyclic) bond motifs is 1. The minimum Gasteiger partial charge on any atom is -0.396 e. The number of carbonyl (C=O) groups is 1. The molecule has 0 heterocycles. The van der Waals surface area contributed by atoms with Crippen LogP contribution in [-0.4, -0.2) is 51.1 Å². The maximum absolute atomic E-state index is 13.0. The van der Waals surface area contributed by atoms with Crippen molar-refractivity contribution in [1.29, 1.82) is 0 Å². The third kappa shape index (κ3) is 2.33. The Bertz CT molecular complexity index is 609. The predicted molar refractivity (Wildman–Crippen MR) is 93.5 cm³/mol. The Labute approximate surface area is 149 Å². The van der Waals surface area contributed by atoms with Crippen LogP contribution in [0.2, 0.25) is 0 Å². The Balaban J connectivity index is 2.01. The average molecular weight is 350 g/mol. The molecule has 3 aliphatic rings. The molecule has 4 N–H and O–H groups in total. The fourth-order valence-corrected chi connectivity index (χ4v) is 5.82. The maximum atomic E-state index is 13.0. The van der Waals surface area contributed by atoms with E-state index in [0.29, 0.717) is 19.3 Å². The van der Waals surface area contributed by atoms with E-state index in [1.54, 1.807) is 0 Å². The van der Waals surface area contributed by atoms with E-state index in [1.165, 1.54) is 0 Å². The van der Waals surface area contributed by atoms with Crippen molar-refractivity contribution >= 4 is 5.78 Å². The third-order valence-electron chi connectivity index (χ3n) is 7.21. The molecule has 25 heavy (non-hydrogen) atoms. The number of carbonyl (C=O) groups excluding carboxylic acids is 1. The van der Waals surface area contributed by atoms with E-state index in [9.17, 15) is 20.1 Å². The standard InChI is InChI=1S/C20H30O5/c1-10-12(19(3,4)6-5-7-21)9-15(23)20-13(10)8-14(22)16(18(20)25)11(2)17(20)24/h12-16,18,21-23,25H,1-2,5-9H2,3-4H3. The van der Waals surface area contributed by atoms with Crippen molar-refractivity contribution in [2.24, 2.45) is 28.6 Å². The van der Waals surface area contributed by atoms with Crippen LogP contribution in [0.3, 0.4) is 0 Å². The minimum atomic E-state index is -1.30. The van der Waals surface area contributed by atoms with Gasteiger partial charge < -0.3 is 20.4 Å². The lowest BCUT2D eigenvalue weighted by Crippen LogP contribution is -2.62. The quantitative estimate of drug-likeness (QED) is 0.451. The summed E-state index contributed by atoms with van der Waals surface area (Å²) in [7, 11) is 0. The molecule has 3 rings (SSSR count). The number of ketones is 1. The van der Waals surface area contributed by atoms with Crippen molar-refractivity contribution in [3.8, 4) is 0 Å². The topological polar surface area (TPSA) is 98.0 Å².